The number of carbonyl (C=O) groups excluding carboxylic acids is 1. The van der Waals surface area contributed by atoms with Crippen molar-refractivity contribution in [2.45, 2.75) is 39.3 Å². The largest absolute Gasteiger partial charge is 0.496 e. The molecule has 0 fully saturated rings. The molecule has 0 aliphatic rings. The summed E-state index contributed by atoms with van der Waals surface area (Å²) in [7, 11) is 1.61. The molecule has 1 N–H and O–H groups in total. The van der Waals surface area contributed by atoms with E-state index >= 15 is 0 Å². The van der Waals surface area contributed by atoms with Crippen molar-refractivity contribution in [2.24, 2.45) is 0 Å². The van der Waals surface area contributed by atoms with Crippen LogP contribution in [0.15, 0.2) is 48.5 Å². The van der Waals surface area contributed by atoms with Crippen LogP contribution in [-0.4, -0.2) is 18.6 Å². The van der Waals surface area contributed by atoms with Crippen molar-refractivity contribution in [3.05, 3.63) is 59.7 Å². The standard InChI is InChI=1S/C20H25NO3/c1-20(2,3)24-17-11-9-15(10-12-17)14-21-19(22)13-16-7-5-6-8-18(16)23-4/h5-12H,13-14H2,1-4H3,(H,21,22). The summed E-state index contributed by atoms with van der Waals surface area (Å²) in [4.78, 5) is 12.1. The predicted molar refractivity (Wildman–Crippen MR) is 95.4 cm³/mol. The van der Waals surface area contributed by atoms with Crippen molar-refractivity contribution >= 4 is 5.91 Å². The molecule has 128 valence electrons. The number of nitrogens with one attached hydrogen (secondary N) is 1. The monoisotopic (exact) mass is 327 g/mol. The van der Waals surface area contributed by atoms with Gasteiger partial charge in [0.1, 0.15) is 17.1 Å². The fourth-order valence-electron chi connectivity index (χ4n) is 2.31. The van der Waals surface area contributed by atoms with Gasteiger partial charge in [0.2, 0.25) is 5.91 Å². The molecule has 0 unspecified atom stereocenters. The van der Waals surface area contributed by atoms with Crippen LogP contribution in [0, 0.1) is 0 Å². The summed E-state index contributed by atoms with van der Waals surface area (Å²) in [5.41, 5.74) is 1.70. The third kappa shape index (κ3) is 5.61. The molecule has 2 aromatic carbocycles. The summed E-state index contributed by atoms with van der Waals surface area (Å²) >= 11 is 0. The summed E-state index contributed by atoms with van der Waals surface area (Å²) in [5.74, 6) is 1.53. The fraction of sp³-hybridized carbons (Fsp3) is 0.350. The highest BCUT2D eigenvalue weighted by Crippen LogP contribution is 2.19. The quantitative estimate of drug-likeness (QED) is 0.879. The van der Waals surface area contributed by atoms with Gasteiger partial charge in [-0.05, 0) is 44.5 Å². The molecule has 0 saturated heterocycles. The average molecular weight is 327 g/mol. The van der Waals surface area contributed by atoms with Crippen molar-refractivity contribution in [3.8, 4) is 11.5 Å². The minimum absolute atomic E-state index is 0.0329. The number of methoxy groups -OCH3 is 1. The lowest BCUT2D eigenvalue weighted by Gasteiger charge is -2.21. The number of hydrogen-bond donors (Lipinski definition) is 1. The second-order valence-corrected chi connectivity index (χ2v) is 6.62. The first-order valence-corrected chi connectivity index (χ1v) is 8.04. The Morgan fingerprint density at radius 3 is 2.33 bits per heavy atom. The smallest absolute Gasteiger partial charge is 0.224 e. The van der Waals surface area contributed by atoms with Crippen LogP contribution in [0.25, 0.3) is 0 Å². The van der Waals surface area contributed by atoms with Crippen LogP contribution in [0.1, 0.15) is 31.9 Å². The molecular weight excluding hydrogens is 302 g/mol. The van der Waals surface area contributed by atoms with Crippen molar-refractivity contribution in [1.82, 2.24) is 5.32 Å². The van der Waals surface area contributed by atoms with Gasteiger partial charge >= 0.3 is 0 Å². The SMILES string of the molecule is COc1ccccc1CC(=O)NCc1ccc(OC(C)(C)C)cc1. The lowest BCUT2D eigenvalue weighted by Crippen LogP contribution is -2.25. The molecule has 0 bridgehead atoms. The Kier molecular flexibility index (Phi) is 5.85. The first-order valence-electron chi connectivity index (χ1n) is 8.04. The number of benzene rings is 2. The molecule has 0 heterocycles. The molecule has 2 rings (SSSR count). The van der Waals surface area contributed by atoms with E-state index in [-0.39, 0.29) is 11.5 Å². The van der Waals surface area contributed by atoms with Gasteiger partial charge in [0.15, 0.2) is 0 Å². The van der Waals surface area contributed by atoms with Gasteiger partial charge < -0.3 is 14.8 Å². The first-order chi connectivity index (χ1) is 11.4. The molecule has 0 aliphatic heterocycles. The van der Waals surface area contributed by atoms with Gasteiger partial charge in [-0.25, -0.2) is 0 Å². The summed E-state index contributed by atoms with van der Waals surface area (Å²) in [6.07, 6.45) is 0.301. The Bertz CT molecular complexity index is 672. The maximum absolute atomic E-state index is 12.1. The van der Waals surface area contributed by atoms with E-state index in [9.17, 15) is 4.79 Å². The van der Waals surface area contributed by atoms with Crippen LogP contribution < -0.4 is 14.8 Å². The van der Waals surface area contributed by atoms with E-state index in [1.165, 1.54) is 0 Å². The Hall–Kier alpha value is -2.49. The Morgan fingerprint density at radius 1 is 1.04 bits per heavy atom. The summed E-state index contributed by atoms with van der Waals surface area (Å²) in [6.45, 7) is 6.53. The maximum atomic E-state index is 12.1. The van der Waals surface area contributed by atoms with Crippen molar-refractivity contribution in [2.75, 3.05) is 7.11 Å². The van der Waals surface area contributed by atoms with Gasteiger partial charge in [-0.15, -0.1) is 0 Å². The molecule has 0 atom stereocenters. The number of rotatable bonds is 6. The second kappa shape index (κ2) is 7.86. The van der Waals surface area contributed by atoms with Crippen LogP contribution in [-0.2, 0) is 17.8 Å². The van der Waals surface area contributed by atoms with E-state index in [1.807, 2.05) is 69.3 Å². The molecule has 0 aromatic heterocycles. The van der Waals surface area contributed by atoms with Crippen LogP contribution in [0.3, 0.4) is 0 Å². The number of amides is 1. The van der Waals surface area contributed by atoms with E-state index < -0.39 is 0 Å². The highest BCUT2D eigenvalue weighted by atomic mass is 16.5. The van der Waals surface area contributed by atoms with Gasteiger partial charge in [-0.1, -0.05) is 30.3 Å². The topological polar surface area (TPSA) is 47.6 Å². The lowest BCUT2D eigenvalue weighted by molar-refractivity contribution is -0.120. The molecule has 0 aliphatic carbocycles. The van der Waals surface area contributed by atoms with Crippen molar-refractivity contribution in [3.63, 3.8) is 0 Å². The van der Waals surface area contributed by atoms with Crippen molar-refractivity contribution < 1.29 is 14.3 Å². The number of ether oxygens (including phenoxy) is 2. The highest BCUT2D eigenvalue weighted by molar-refractivity contribution is 5.79. The average Bonchev–Trinajstić information content (AvgIpc) is 2.53. The molecule has 0 radical (unpaired) electrons. The number of para-hydroxylation sites is 1. The van der Waals surface area contributed by atoms with Gasteiger partial charge in [-0.3, -0.25) is 4.79 Å². The molecule has 24 heavy (non-hydrogen) atoms. The molecule has 0 spiro atoms. The summed E-state index contributed by atoms with van der Waals surface area (Å²) in [5, 5.41) is 2.93. The molecular formula is C20H25NO3. The number of carbonyl (C=O) groups is 1. The summed E-state index contributed by atoms with van der Waals surface area (Å²) in [6, 6.07) is 15.3. The minimum Gasteiger partial charge on any atom is -0.496 e. The predicted octanol–water partition coefficient (Wildman–Crippen LogP) is 3.73. The van der Waals surface area contributed by atoms with Crippen LogP contribution >= 0.6 is 0 Å². The molecule has 4 heteroatoms. The highest BCUT2D eigenvalue weighted by Gasteiger charge is 2.11. The lowest BCUT2D eigenvalue weighted by atomic mass is 10.1. The second-order valence-electron chi connectivity index (χ2n) is 6.62. The zero-order chi connectivity index (χ0) is 17.6. The Morgan fingerprint density at radius 2 is 1.71 bits per heavy atom. The van der Waals surface area contributed by atoms with E-state index in [2.05, 4.69) is 5.32 Å². The van der Waals surface area contributed by atoms with Gasteiger partial charge in [0, 0.05) is 12.1 Å². The zero-order valence-corrected chi connectivity index (χ0v) is 14.8. The van der Waals surface area contributed by atoms with Crippen LogP contribution in [0.5, 0.6) is 11.5 Å². The van der Waals surface area contributed by atoms with E-state index in [1.54, 1.807) is 7.11 Å². The van der Waals surface area contributed by atoms with Gasteiger partial charge in [0.25, 0.3) is 0 Å². The van der Waals surface area contributed by atoms with Crippen LogP contribution in [0.2, 0.25) is 0 Å². The Labute approximate surface area is 143 Å². The fourth-order valence-corrected chi connectivity index (χ4v) is 2.31. The Balaban J connectivity index is 1.87. The van der Waals surface area contributed by atoms with E-state index in [4.69, 9.17) is 9.47 Å². The maximum Gasteiger partial charge on any atom is 0.224 e. The van der Waals surface area contributed by atoms with Crippen molar-refractivity contribution in [1.29, 1.82) is 0 Å². The molecule has 1 amide bonds. The molecule has 2 aromatic rings. The van der Waals surface area contributed by atoms with Crippen LogP contribution in [0.4, 0.5) is 0 Å². The van der Waals surface area contributed by atoms with Gasteiger partial charge in [-0.2, -0.15) is 0 Å². The molecule has 4 nitrogen and oxygen atoms in total. The summed E-state index contributed by atoms with van der Waals surface area (Å²) < 4.78 is 11.1. The number of hydrogen-bond acceptors (Lipinski definition) is 3. The third-order valence-corrected chi connectivity index (χ3v) is 3.38. The molecule has 0 saturated carbocycles. The van der Waals surface area contributed by atoms with E-state index in [0.29, 0.717) is 13.0 Å². The first kappa shape index (κ1) is 17.9. The zero-order valence-electron chi connectivity index (χ0n) is 14.8. The minimum atomic E-state index is -0.218. The third-order valence-electron chi connectivity index (χ3n) is 3.38. The normalized spacial score (nSPS) is 11.0. The van der Waals surface area contributed by atoms with Gasteiger partial charge in [0.05, 0.1) is 13.5 Å². The van der Waals surface area contributed by atoms with E-state index in [0.717, 1.165) is 22.6 Å².